The van der Waals surface area contributed by atoms with Crippen molar-refractivity contribution in [2.75, 3.05) is 18.6 Å². The highest BCUT2D eigenvalue weighted by atomic mass is 32.2. The molecule has 0 aromatic heterocycles. The van der Waals surface area contributed by atoms with E-state index in [1.807, 2.05) is 36.6 Å². The molecule has 6 heteroatoms. The molecule has 2 unspecified atom stereocenters. The fourth-order valence-electron chi connectivity index (χ4n) is 3.72. The van der Waals surface area contributed by atoms with Crippen LogP contribution in [0.1, 0.15) is 44.1 Å². The smallest absolute Gasteiger partial charge is 0.242 e. The fraction of sp³-hybridized carbons (Fsp3) is 0.619. The Kier molecular flexibility index (Phi) is 9.70. The first-order valence-corrected chi connectivity index (χ1v) is 11.4. The van der Waals surface area contributed by atoms with Crippen LogP contribution in [0.25, 0.3) is 0 Å². The molecule has 2 atom stereocenters. The summed E-state index contributed by atoms with van der Waals surface area (Å²) in [6, 6.07) is 9.09. The van der Waals surface area contributed by atoms with Gasteiger partial charge in [-0.05, 0) is 42.8 Å². The number of carbonyl (C=O) groups is 2. The highest BCUT2D eigenvalue weighted by Gasteiger charge is 2.27. The Balaban J connectivity index is 1.93. The van der Waals surface area contributed by atoms with E-state index in [0.29, 0.717) is 18.9 Å². The summed E-state index contributed by atoms with van der Waals surface area (Å²) in [4.78, 5) is 25.3. The fourth-order valence-corrected chi connectivity index (χ4v) is 4.19. The normalized spacial score (nSPS) is 17.1. The molecule has 0 bridgehead atoms. The number of hydrogen-bond donors (Lipinski definition) is 3. The summed E-state index contributed by atoms with van der Waals surface area (Å²) in [6.07, 6.45) is 8.85. The van der Waals surface area contributed by atoms with Gasteiger partial charge in [-0.25, -0.2) is 0 Å². The number of nitrogens with two attached hydrogens (primary N) is 1. The van der Waals surface area contributed by atoms with Gasteiger partial charge < -0.3 is 16.4 Å². The first kappa shape index (κ1) is 21.8. The Hall–Kier alpha value is -1.53. The molecule has 2 amide bonds. The molecular weight excluding hydrogens is 358 g/mol. The van der Waals surface area contributed by atoms with Gasteiger partial charge in [0.25, 0.3) is 0 Å². The van der Waals surface area contributed by atoms with Crippen LogP contribution in [0.4, 0.5) is 0 Å². The lowest BCUT2D eigenvalue weighted by molar-refractivity contribution is -0.129. The van der Waals surface area contributed by atoms with Gasteiger partial charge in [0.05, 0.1) is 6.42 Å². The van der Waals surface area contributed by atoms with Crippen LogP contribution < -0.4 is 16.4 Å². The zero-order valence-corrected chi connectivity index (χ0v) is 17.1. The van der Waals surface area contributed by atoms with Crippen molar-refractivity contribution in [3.8, 4) is 0 Å². The Morgan fingerprint density at radius 1 is 1.15 bits per heavy atom. The minimum atomic E-state index is -0.508. The molecule has 0 spiro atoms. The van der Waals surface area contributed by atoms with Crippen LogP contribution in [0, 0.1) is 5.92 Å². The lowest BCUT2D eigenvalue weighted by Gasteiger charge is -2.31. The third-order valence-corrected chi connectivity index (χ3v) is 5.91. The first-order valence-electron chi connectivity index (χ1n) is 9.96. The molecule has 1 aromatic carbocycles. The monoisotopic (exact) mass is 391 g/mol. The molecule has 0 radical (unpaired) electrons. The van der Waals surface area contributed by atoms with Crippen molar-refractivity contribution in [2.24, 2.45) is 11.7 Å². The van der Waals surface area contributed by atoms with E-state index < -0.39 is 6.04 Å². The number of hydrogen-bond acceptors (Lipinski definition) is 4. The van der Waals surface area contributed by atoms with Gasteiger partial charge in [0.15, 0.2) is 0 Å². The predicted molar refractivity (Wildman–Crippen MR) is 113 cm³/mol. The van der Waals surface area contributed by atoms with Gasteiger partial charge in [-0.3, -0.25) is 9.59 Å². The minimum absolute atomic E-state index is 0.000560. The summed E-state index contributed by atoms with van der Waals surface area (Å²) in [5.74, 6) is 1.05. The lowest BCUT2D eigenvalue weighted by atomic mass is 9.84. The van der Waals surface area contributed by atoms with Crippen molar-refractivity contribution in [1.29, 1.82) is 0 Å². The van der Waals surface area contributed by atoms with Crippen LogP contribution in [-0.2, 0) is 16.0 Å². The topological polar surface area (TPSA) is 84.2 Å². The molecule has 1 aliphatic rings. The van der Waals surface area contributed by atoms with Crippen LogP contribution in [0.3, 0.4) is 0 Å². The van der Waals surface area contributed by atoms with E-state index in [1.54, 1.807) is 11.8 Å². The van der Waals surface area contributed by atoms with Crippen molar-refractivity contribution >= 4 is 23.6 Å². The number of rotatable bonds is 10. The molecule has 1 fully saturated rings. The quantitative estimate of drug-likeness (QED) is 0.572. The number of benzene rings is 1. The van der Waals surface area contributed by atoms with E-state index in [9.17, 15) is 9.59 Å². The van der Waals surface area contributed by atoms with Gasteiger partial charge >= 0.3 is 0 Å². The maximum Gasteiger partial charge on any atom is 0.242 e. The number of nitrogens with one attached hydrogen (secondary N) is 2. The molecule has 150 valence electrons. The van der Waals surface area contributed by atoms with E-state index in [2.05, 4.69) is 10.6 Å². The van der Waals surface area contributed by atoms with Gasteiger partial charge in [-0.15, -0.1) is 0 Å². The van der Waals surface area contributed by atoms with E-state index in [0.717, 1.165) is 24.2 Å². The van der Waals surface area contributed by atoms with E-state index in [4.69, 9.17) is 5.73 Å². The van der Waals surface area contributed by atoms with Crippen molar-refractivity contribution in [3.05, 3.63) is 35.9 Å². The third-order valence-electron chi connectivity index (χ3n) is 5.27. The van der Waals surface area contributed by atoms with Crippen LogP contribution in [-0.4, -0.2) is 42.5 Å². The standard InChI is InChI=1S/C21H33N3O2S/c1-27-13-12-18(23-20(25)14-16-8-4-2-5-9-16)21(26)24-19(15-22)17-10-6-3-7-11-17/h2,4-5,8-9,17-19H,3,6-7,10-15,22H2,1H3,(H,23,25)(H,24,26). The van der Waals surface area contributed by atoms with Gasteiger partial charge in [0.2, 0.25) is 11.8 Å². The molecular formula is C21H33N3O2S. The van der Waals surface area contributed by atoms with Gasteiger partial charge in [0, 0.05) is 12.6 Å². The summed E-state index contributed by atoms with van der Waals surface area (Å²) in [6.45, 7) is 0.448. The molecule has 4 N–H and O–H groups in total. The van der Waals surface area contributed by atoms with Crippen LogP contribution >= 0.6 is 11.8 Å². The van der Waals surface area contributed by atoms with Crippen molar-refractivity contribution in [3.63, 3.8) is 0 Å². The van der Waals surface area contributed by atoms with Crippen molar-refractivity contribution in [1.82, 2.24) is 10.6 Å². The maximum absolute atomic E-state index is 12.9. The molecule has 5 nitrogen and oxygen atoms in total. The number of carbonyl (C=O) groups excluding carboxylic acids is 2. The van der Waals surface area contributed by atoms with Crippen molar-refractivity contribution in [2.45, 2.75) is 57.0 Å². The Morgan fingerprint density at radius 3 is 2.48 bits per heavy atom. The van der Waals surface area contributed by atoms with E-state index in [-0.39, 0.29) is 24.3 Å². The Morgan fingerprint density at radius 2 is 1.85 bits per heavy atom. The molecule has 1 aromatic rings. The number of thioether (sulfide) groups is 1. The van der Waals surface area contributed by atoms with Crippen molar-refractivity contribution < 1.29 is 9.59 Å². The summed E-state index contributed by atoms with van der Waals surface area (Å²) >= 11 is 1.68. The molecule has 0 aliphatic heterocycles. The third kappa shape index (κ3) is 7.54. The second kappa shape index (κ2) is 12.0. The van der Waals surface area contributed by atoms with Gasteiger partial charge in [0.1, 0.15) is 6.04 Å². The Bertz CT molecular complexity index is 576. The van der Waals surface area contributed by atoms with Crippen LogP contribution in [0.2, 0.25) is 0 Å². The van der Waals surface area contributed by atoms with Gasteiger partial charge in [-0.1, -0.05) is 49.6 Å². The minimum Gasteiger partial charge on any atom is -0.350 e. The van der Waals surface area contributed by atoms with Crippen LogP contribution in [0.15, 0.2) is 30.3 Å². The highest BCUT2D eigenvalue weighted by molar-refractivity contribution is 7.98. The number of amides is 2. The average molecular weight is 392 g/mol. The molecule has 1 saturated carbocycles. The molecule has 0 saturated heterocycles. The van der Waals surface area contributed by atoms with Crippen LogP contribution in [0.5, 0.6) is 0 Å². The SMILES string of the molecule is CSCCC(NC(=O)Cc1ccccc1)C(=O)NC(CN)C1CCCCC1. The largest absolute Gasteiger partial charge is 0.350 e. The molecule has 27 heavy (non-hydrogen) atoms. The summed E-state index contributed by atoms with van der Waals surface area (Å²) in [5, 5.41) is 6.05. The maximum atomic E-state index is 12.9. The predicted octanol–water partition coefficient (Wildman–Crippen LogP) is 2.49. The average Bonchev–Trinajstić information content (AvgIpc) is 2.70. The Labute approximate surface area is 167 Å². The van der Waals surface area contributed by atoms with E-state index in [1.165, 1.54) is 19.3 Å². The van der Waals surface area contributed by atoms with E-state index >= 15 is 0 Å². The first-order chi connectivity index (χ1) is 13.1. The highest BCUT2D eigenvalue weighted by Crippen LogP contribution is 2.26. The van der Waals surface area contributed by atoms with Gasteiger partial charge in [-0.2, -0.15) is 11.8 Å². The zero-order valence-electron chi connectivity index (χ0n) is 16.3. The molecule has 0 heterocycles. The lowest BCUT2D eigenvalue weighted by Crippen LogP contribution is -2.54. The summed E-state index contributed by atoms with van der Waals surface area (Å²) in [7, 11) is 0. The summed E-state index contributed by atoms with van der Waals surface area (Å²) < 4.78 is 0. The zero-order chi connectivity index (χ0) is 19.5. The molecule has 2 rings (SSSR count). The second-order valence-corrected chi connectivity index (χ2v) is 8.30. The second-order valence-electron chi connectivity index (χ2n) is 7.31. The summed E-state index contributed by atoms with van der Waals surface area (Å²) in [5.41, 5.74) is 6.89. The molecule has 1 aliphatic carbocycles.